The molecule has 2 fully saturated rings. The second-order valence-electron chi connectivity index (χ2n) is 6.78. The van der Waals surface area contributed by atoms with Crippen LogP contribution in [-0.2, 0) is 14.3 Å². The summed E-state index contributed by atoms with van der Waals surface area (Å²) < 4.78 is 10.3. The highest BCUT2D eigenvalue weighted by Gasteiger charge is 2.24. The third-order valence-corrected chi connectivity index (χ3v) is 4.88. The summed E-state index contributed by atoms with van der Waals surface area (Å²) in [5.74, 6) is 1.06. The molecule has 0 unspecified atom stereocenters. The molecule has 3 heterocycles. The number of piperidine rings is 1. The minimum Gasteiger partial charge on any atom is -0.450 e. The monoisotopic (exact) mass is 377 g/mol. The van der Waals surface area contributed by atoms with Gasteiger partial charge in [-0.25, -0.2) is 4.79 Å². The van der Waals surface area contributed by atoms with E-state index >= 15 is 0 Å². The number of anilines is 2. The average molecular weight is 377 g/mol. The second-order valence-corrected chi connectivity index (χ2v) is 6.78. The quantitative estimate of drug-likeness (QED) is 0.807. The van der Waals surface area contributed by atoms with Crippen LogP contribution in [0.4, 0.5) is 16.4 Å². The lowest BCUT2D eigenvalue weighted by Crippen LogP contribution is -2.42. The van der Waals surface area contributed by atoms with Crippen molar-refractivity contribution in [2.45, 2.75) is 38.6 Å². The maximum Gasteiger partial charge on any atom is 0.409 e. The summed E-state index contributed by atoms with van der Waals surface area (Å²) in [5, 5.41) is 14.4. The van der Waals surface area contributed by atoms with Crippen molar-refractivity contribution in [1.82, 2.24) is 15.1 Å². The standard InChI is InChI=1S/C18H27N5O4/c1-2-27-18(25)23-9-5-14(6-10-23)19-15-3-4-16(22-21-15)20-17(24)13-7-11-26-12-8-13/h3-4,13-14H,2,5-12H2,1H3,(H,19,21)(H,20,22,24). The number of rotatable bonds is 5. The van der Waals surface area contributed by atoms with Crippen LogP contribution in [0.5, 0.6) is 0 Å². The second kappa shape index (κ2) is 9.50. The Balaban J connectivity index is 1.44. The first kappa shape index (κ1) is 19.3. The van der Waals surface area contributed by atoms with Gasteiger partial charge in [-0.3, -0.25) is 4.79 Å². The third kappa shape index (κ3) is 5.53. The summed E-state index contributed by atoms with van der Waals surface area (Å²) in [6.07, 6.45) is 2.87. The van der Waals surface area contributed by atoms with Gasteiger partial charge in [0.2, 0.25) is 5.91 Å². The Labute approximate surface area is 158 Å². The number of ether oxygens (including phenoxy) is 2. The van der Waals surface area contributed by atoms with E-state index in [1.165, 1.54) is 0 Å². The van der Waals surface area contributed by atoms with E-state index in [-0.39, 0.29) is 24.0 Å². The van der Waals surface area contributed by atoms with Crippen LogP contribution in [0, 0.1) is 5.92 Å². The lowest BCUT2D eigenvalue weighted by atomic mass is 9.99. The van der Waals surface area contributed by atoms with E-state index in [9.17, 15) is 9.59 Å². The van der Waals surface area contributed by atoms with Crippen LogP contribution < -0.4 is 10.6 Å². The van der Waals surface area contributed by atoms with Crippen LogP contribution in [0.3, 0.4) is 0 Å². The van der Waals surface area contributed by atoms with Crippen LogP contribution in [-0.4, -0.2) is 66.0 Å². The molecule has 1 aromatic heterocycles. The SMILES string of the molecule is CCOC(=O)N1CCC(Nc2ccc(NC(=O)C3CCOCC3)nn2)CC1. The van der Waals surface area contributed by atoms with Gasteiger partial charge in [0.1, 0.15) is 5.82 Å². The summed E-state index contributed by atoms with van der Waals surface area (Å²) in [6, 6.07) is 3.79. The first-order chi connectivity index (χ1) is 13.2. The molecule has 0 atom stereocenters. The minimum atomic E-state index is -0.250. The van der Waals surface area contributed by atoms with E-state index < -0.39 is 0 Å². The summed E-state index contributed by atoms with van der Waals surface area (Å²) in [6.45, 7) is 4.76. The number of nitrogens with zero attached hydrogens (tertiary/aromatic N) is 3. The highest BCUT2D eigenvalue weighted by molar-refractivity contribution is 5.91. The number of aromatic nitrogens is 2. The van der Waals surface area contributed by atoms with Crippen LogP contribution in [0.2, 0.25) is 0 Å². The molecule has 0 bridgehead atoms. The van der Waals surface area contributed by atoms with Crippen molar-refractivity contribution >= 4 is 23.6 Å². The molecule has 0 spiro atoms. The van der Waals surface area contributed by atoms with Gasteiger partial charge in [0.15, 0.2) is 5.82 Å². The summed E-state index contributed by atoms with van der Waals surface area (Å²) in [4.78, 5) is 25.7. The van der Waals surface area contributed by atoms with Crippen LogP contribution in [0.25, 0.3) is 0 Å². The molecule has 27 heavy (non-hydrogen) atoms. The van der Waals surface area contributed by atoms with Gasteiger partial charge in [-0.05, 0) is 44.7 Å². The van der Waals surface area contributed by atoms with Gasteiger partial charge < -0.3 is 25.0 Å². The van der Waals surface area contributed by atoms with E-state index in [0.29, 0.717) is 44.5 Å². The van der Waals surface area contributed by atoms with Crippen molar-refractivity contribution in [3.63, 3.8) is 0 Å². The Morgan fingerprint density at radius 2 is 1.81 bits per heavy atom. The number of nitrogens with one attached hydrogen (secondary N) is 2. The third-order valence-electron chi connectivity index (χ3n) is 4.88. The molecule has 0 radical (unpaired) electrons. The predicted octanol–water partition coefficient (Wildman–Crippen LogP) is 1.87. The molecule has 3 rings (SSSR count). The lowest BCUT2D eigenvalue weighted by molar-refractivity contribution is -0.122. The Bertz CT molecular complexity index is 625. The zero-order valence-corrected chi connectivity index (χ0v) is 15.6. The van der Waals surface area contributed by atoms with Crippen molar-refractivity contribution in [1.29, 1.82) is 0 Å². The smallest absolute Gasteiger partial charge is 0.409 e. The Kier molecular flexibility index (Phi) is 6.80. The number of likely N-dealkylation sites (tertiary alicyclic amines) is 1. The molecule has 2 amide bonds. The molecule has 0 saturated carbocycles. The maximum absolute atomic E-state index is 12.2. The molecule has 148 valence electrons. The summed E-state index contributed by atoms with van der Waals surface area (Å²) >= 11 is 0. The Morgan fingerprint density at radius 3 is 2.44 bits per heavy atom. The first-order valence-corrected chi connectivity index (χ1v) is 9.56. The largest absolute Gasteiger partial charge is 0.450 e. The van der Waals surface area contributed by atoms with Gasteiger partial charge in [0.05, 0.1) is 6.61 Å². The van der Waals surface area contributed by atoms with E-state index in [4.69, 9.17) is 9.47 Å². The van der Waals surface area contributed by atoms with Crippen LogP contribution in [0.15, 0.2) is 12.1 Å². The number of amides is 2. The fraction of sp³-hybridized carbons (Fsp3) is 0.667. The molecule has 2 saturated heterocycles. The van der Waals surface area contributed by atoms with Gasteiger partial charge in [-0.1, -0.05) is 0 Å². The topological polar surface area (TPSA) is 106 Å². The fourth-order valence-electron chi connectivity index (χ4n) is 3.29. The van der Waals surface area contributed by atoms with E-state index in [2.05, 4.69) is 20.8 Å². The fourth-order valence-corrected chi connectivity index (χ4v) is 3.29. The van der Waals surface area contributed by atoms with E-state index in [0.717, 1.165) is 25.7 Å². The molecule has 0 aliphatic carbocycles. The Hall–Kier alpha value is -2.42. The number of hydrogen-bond donors (Lipinski definition) is 2. The molecule has 2 aliphatic heterocycles. The van der Waals surface area contributed by atoms with Crippen LogP contribution in [0.1, 0.15) is 32.6 Å². The molecule has 2 N–H and O–H groups in total. The van der Waals surface area contributed by atoms with Gasteiger partial charge in [0, 0.05) is 38.3 Å². The van der Waals surface area contributed by atoms with Gasteiger partial charge in [-0.15, -0.1) is 10.2 Å². The summed E-state index contributed by atoms with van der Waals surface area (Å²) in [5.41, 5.74) is 0. The zero-order chi connectivity index (χ0) is 19.1. The molecular weight excluding hydrogens is 350 g/mol. The highest BCUT2D eigenvalue weighted by Crippen LogP contribution is 2.18. The zero-order valence-electron chi connectivity index (χ0n) is 15.6. The molecule has 0 aromatic carbocycles. The normalized spacial score (nSPS) is 18.8. The molecule has 9 heteroatoms. The van der Waals surface area contributed by atoms with Gasteiger partial charge in [0.25, 0.3) is 0 Å². The molecule has 9 nitrogen and oxygen atoms in total. The maximum atomic E-state index is 12.2. The predicted molar refractivity (Wildman–Crippen MR) is 99.4 cm³/mol. The molecule has 2 aliphatic rings. The van der Waals surface area contributed by atoms with Crippen molar-refractivity contribution < 1.29 is 19.1 Å². The van der Waals surface area contributed by atoms with Crippen molar-refractivity contribution in [2.24, 2.45) is 5.92 Å². The first-order valence-electron chi connectivity index (χ1n) is 9.56. The van der Waals surface area contributed by atoms with Crippen molar-refractivity contribution in [3.05, 3.63) is 12.1 Å². The van der Waals surface area contributed by atoms with Crippen LogP contribution >= 0.6 is 0 Å². The van der Waals surface area contributed by atoms with Crippen molar-refractivity contribution in [2.75, 3.05) is 43.5 Å². The van der Waals surface area contributed by atoms with E-state index in [1.54, 1.807) is 17.9 Å². The molecular formula is C18H27N5O4. The lowest BCUT2D eigenvalue weighted by Gasteiger charge is -2.31. The highest BCUT2D eigenvalue weighted by atomic mass is 16.6. The Morgan fingerprint density at radius 1 is 1.15 bits per heavy atom. The van der Waals surface area contributed by atoms with Gasteiger partial charge in [-0.2, -0.15) is 0 Å². The summed E-state index contributed by atoms with van der Waals surface area (Å²) in [7, 11) is 0. The number of hydrogen-bond acceptors (Lipinski definition) is 7. The number of carbonyl (C=O) groups is 2. The molecule has 1 aromatic rings. The minimum absolute atomic E-state index is 0.0251. The van der Waals surface area contributed by atoms with Crippen molar-refractivity contribution in [3.8, 4) is 0 Å². The van der Waals surface area contributed by atoms with Gasteiger partial charge >= 0.3 is 6.09 Å². The van der Waals surface area contributed by atoms with E-state index in [1.807, 2.05) is 6.07 Å². The average Bonchev–Trinajstić information content (AvgIpc) is 2.71. The number of carbonyl (C=O) groups excluding carboxylic acids is 2.